The normalized spacial score (nSPS) is 32.9. The molecule has 20 heavy (non-hydrogen) atoms. The lowest BCUT2D eigenvalue weighted by molar-refractivity contribution is -0.116. The van der Waals surface area contributed by atoms with Crippen LogP contribution in [-0.2, 0) is 4.74 Å². The summed E-state index contributed by atoms with van der Waals surface area (Å²) in [6.45, 7) is -0.997. The molecule has 1 aromatic rings. The minimum atomic E-state index is -2.29. The van der Waals surface area contributed by atoms with Crippen LogP contribution in [0.5, 0.6) is 0 Å². The predicted octanol–water partition coefficient (Wildman–Crippen LogP) is -0.948. The minimum absolute atomic E-state index is 0.0565. The summed E-state index contributed by atoms with van der Waals surface area (Å²) in [7, 11) is 0. The first-order valence-electron chi connectivity index (χ1n) is 5.47. The highest BCUT2D eigenvalue weighted by atomic mass is 19.1. The van der Waals surface area contributed by atoms with Crippen LogP contribution in [-0.4, -0.2) is 44.4 Å². The molecule has 0 aliphatic carbocycles. The van der Waals surface area contributed by atoms with E-state index in [0.717, 1.165) is 10.8 Å². The fourth-order valence-electron chi connectivity index (χ4n) is 1.91. The largest absolute Gasteiger partial charge is 0.393 e. The molecule has 0 amide bonds. The lowest BCUT2D eigenvalue weighted by atomic mass is 10.1. The highest BCUT2D eigenvalue weighted by Gasteiger charge is 2.56. The van der Waals surface area contributed by atoms with Crippen molar-refractivity contribution >= 4 is 5.82 Å². The van der Waals surface area contributed by atoms with E-state index in [4.69, 9.17) is 21.1 Å². The Morgan fingerprint density at radius 2 is 2.45 bits per heavy atom. The number of aliphatic hydroxyl groups excluding tert-OH is 2. The first-order valence-corrected chi connectivity index (χ1v) is 5.47. The number of hydrogen-bond donors (Lipinski definition) is 3. The lowest BCUT2D eigenvalue weighted by Crippen LogP contribution is -2.41. The molecule has 0 aromatic carbocycles. The predicted molar refractivity (Wildman–Crippen MR) is 62.9 cm³/mol. The van der Waals surface area contributed by atoms with E-state index in [9.17, 15) is 14.3 Å². The van der Waals surface area contributed by atoms with E-state index in [1.54, 1.807) is 0 Å². The Labute approximate surface area is 110 Å². The van der Waals surface area contributed by atoms with Crippen LogP contribution in [0.2, 0.25) is 0 Å². The number of azide groups is 1. The molecule has 0 spiro atoms. The Hall–Kier alpha value is -2.20. The van der Waals surface area contributed by atoms with E-state index in [1.807, 2.05) is 0 Å². The third-order valence-electron chi connectivity index (χ3n) is 2.91. The van der Waals surface area contributed by atoms with Crippen molar-refractivity contribution in [2.24, 2.45) is 5.11 Å². The van der Waals surface area contributed by atoms with Crippen molar-refractivity contribution in [3.05, 3.63) is 33.2 Å². The molecule has 1 unspecified atom stereocenters. The Morgan fingerprint density at radius 3 is 3.00 bits per heavy atom. The van der Waals surface area contributed by atoms with Crippen molar-refractivity contribution < 1.29 is 19.3 Å². The molecule has 0 saturated carbocycles. The van der Waals surface area contributed by atoms with Crippen LogP contribution in [0.15, 0.2) is 22.2 Å². The molecular formula is C9H11FN6O4. The molecule has 1 fully saturated rings. The van der Waals surface area contributed by atoms with Gasteiger partial charge in [-0.15, -0.1) is 0 Å². The SMILES string of the molecule is [N-]=[N+]=NC1(CO)O[C@@H](n2ccc(N)nc2=O)[C@H](O)[C@@H]1F. The van der Waals surface area contributed by atoms with Crippen molar-refractivity contribution in [2.75, 3.05) is 12.3 Å². The van der Waals surface area contributed by atoms with Crippen molar-refractivity contribution in [2.45, 2.75) is 24.2 Å². The highest BCUT2D eigenvalue weighted by molar-refractivity contribution is 5.23. The molecule has 1 saturated heterocycles. The number of rotatable bonds is 3. The summed E-state index contributed by atoms with van der Waals surface area (Å²) < 4.78 is 19.9. The second-order valence-corrected chi connectivity index (χ2v) is 4.14. The van der Waals surface area contributed by atoms with Gasteiger partial charge in [0, 0.05) is 11.1 Å². The third kappa shape index (κ3) is 2.08. The van der Waals surface area contributed by atoms with Crippen LogP contribution in [0.3, 0.4) is 0 Å². The maximum atomic E-state index is 14.0. The van der Waals surface area contributed by atoms with Gasteiger partial charge in [0.1, 0.15) is 11.9 Å². The van der Waals surface area contributed by atoms with Gasteiger partial charge in [0.05, 0.1) is 6.61 Å². The Bertz CT molecular complexity index is 617. The van der Waals surface area contributed by atoms with Gasteiger partial charge in [0.15, 0.2) is 12.4 Å². The number of aromatic nitrogens is 2. The van der Waals surface area contributed by atoms with E-state index >= 15 is 0 Å². The number of alkyl halides is 1. The molecule has 2 heterocycles. The van der Waals surface area contributed by atoms with Gasteiger partial charge in [-0.1, -0.05) is 5.11 Å². The third-order valence-corrected chi connectivity index (χ3v) is 2.91. The molecule has 2 rings (SSSR count). The monoisotopic (exact) mass is 286 g/mol. The van der Waals surface area contributed by atoms with Gasteiger partial charge in [-0.3, -0.25) is 4.57 Å². The van der Waals surface area contributed by atoms with Crippen LogP contribution in [0, 0.1) is 0 Å². The van der Waals surface area contributed by atoms with Crippen molar-refractivity contribution in [3.63, 3.8) is 0 Å². The zero-order valence-electron chi connectivity index (χ0n) is 10.00. The van der Waals surface area contributed by atoms with E-state index < -0.39 is 36.5 Å². The van der Waals surface area contributed by atoms with Crippen LogP contribution in [0.4, 0.5) is 10.2 Å². The van der Waals surface area contributed by atoms with Gasteiger partial charge < -0.3 is 20.7 Å². The molecule has 108 valence electrons. The van der Waals surface area contributed by atoms with Crippen molar-refractivity contribution in [3.8, 4) is 0 Å². The molecule has 0 bridgehead atoms. The number of anilines is 1. The smallest absolute Gasteiger partial charge is 0.351 e. The van der Waals surface area contributed by atoms with Gasteiger partial charge in [0.2, 0.25) is 5.72 Å². The number of halogens is 1. The Morgan fingerprint density at radius 1 is 1.75 bits per heavy atom. The van der Waals surface area contributed by atoms with Gasteiger partial charge in [-0.05, 0) is 11.6 Å². The topological polar surface area (TPSA) is 159 Å². The molecule has 0 radical (unpaired) electrons. The molecular weight excluding hydrogens is 275 g/mol. The average molecular weight is 286 g/mol. The maximum absolute atomic E-state index is 14.0. The fourth-order valence-corrected chi connectivity index (χ4v) is 1.91. The second-order valence-electron chi connectivity index (χ2n) is 4.14. The van der Waals surface area contributed by atoms with Gasteiger partial charge in [-0.2, -0.15) is 4.98 Å². The van der Waals surface area contributed by atoms with Crippen molar-refractivity contribution in [1.29, 1.82) is 0 Å². The molecule has 1 aliphatic heterocycles. The van der Waals surface area contributed by atoms with Crippen LogP contribution in [0.1, 0.15) is 6.23 Å². The number of ether oxygens (including phenoxy) is 1. The van der Waals surface area contributed by atoms with E-state index in [0.29, 0.717) is 0 Å². The van der Waals surface area contributed by atoms with E-state index in [2.05, 4.69) is 15.0 Å². The van der Waals surface area contributed by atoms with Crippen molar-refractivity contribution in [1.82, 2.24) is 9.55 Å². The average Bonchev–Trinajstić information content (AvgIpc) is 2.65. The van der Waals surface area contributed by atoms with E-state index in [-0.39, 0.29) is 5.82 Å². The zero-order valence-corrected chi connectivity index (χ0v) is 10.00. The molecule has 1 aliphatic rings. The Balaban J connectivity index is 2.45. The van der Waals surface area contributed by atoms with E-state index in [1.165, 1.54) is 6.07 Å². The van der Waals surface area contributed by atoms with Crippen LogP contribution in [0.25, 0.3) is 10.4 Å². The molecule has 10 nitrogen and oxygen atoms in total. The number of nitrogen functional groups attached to an aromatic ring is 1. The fraction of sp³-hybridized carbons (Fsp3) is 0.556. The van der Waals surface area contributed by atoms with Crippen LogP contribution < -0.4 is 11.4 Å². The van der Waals surface area contributed by atoms with Gasteiger partial charge in [0.25, 0.3) is 0 Å². The molecule has 11 heteroatoms. The molecule has 1 aromatic heterocycles. The van der Waals surface area contributed by atoms with Gasteiger partial charge in [-0.25, -0.2) is 9.18 Å². The van der Waals surface area contributed by atoms with Crippen LogP contribution >= 0.6 is 0 Å². The van der Waals surface area contributed by atoms with Gasteiger partial charge >= 0.3 is 5.69 Å². The quantitative estimate of drug-likeness (QED) is 0.369. The summed E-state index contributed by atoms with van der Waals surface area (Å²) in [5.74, 6) is -0.0565. The maximum Gasteiger partial charge on any atom is 0.351 e. The number of nitrogens with two attached hydrogens (primary N) is 1. The summed E-state index contributed by atoms with van der Waals surface area (Å²) in [5.41, 5.74) is 10.5. The highest BCUT2D eigenvalue weighted by Crippen LogP contribution is 2.39. The summed E-state index contributed by atoms with van der Waals surface area (Å²) >= 11 is 0. The second kappa shape index (κ2) is 5.06. The summed E-state index contributed by atoms with van der Waals surface area (Å²) in [6.07, 6.45) is -4.38. The Kier molecular flexibility index (Phi) is 3.59. The number of nitrogens with zero attached hydrogens (tertiary/aromatic N) is 5. The first-order chi connectivity index (χ1) is 9.45. The lowest BCUT2D eigenvalue weighted by Gasteiger charge is -2.22. The molecule has 4 atom stereocenters. The summed E-state index contributed by atoms with van der Waals surface area (Å²) in [5, 5.41) is 22.0. The zero-order chi connectivity index (χ0) is 14.9. The number of hydrogen-bond acceptors (Lipinski definition) is 7. The standard InChI is InChI=1S/C9H11FN6O4/c10-6-5(18)7(20-9(6,3-17)14-15-12)16-2-1-4(11)13-8(16)19/h1-2,5-7,17-18H,3H2,(H2,11,13,19)/t5-,6+,7-,9?/m1/s1. The summed E-state index contributed by atoms with van der Waals surface area (Å²) in [4.78, 5) is 17.4. The number of aliphatic hydroxyl groups is 2. The summed E-state index contributed by atoms with van der Waals surface area (Å²) in [6, 6.07) is 1.25. The first kappa shape index (κ1) is 14.2. The molecule has 4 N–H and O–H groups in total. The minimum Gasteiger partial charge on any atom is -0.393 e.